The molecule has 0 saturated heterocycles. The maximum Gasteiger partial charge on any atom is 0.202 e. The van der Waals surface area contributed by atoms with Crippen molar-refractivity contribution < 1.29 is 9.21 Å². The summed E-state index contributed by atoms with van der Waals surface area (Å²) in [6, 6.07) is 19.7. The van der Waals surface area contributed by atoms with Crippen LogP contribution in [0.4, 0.5) is 5.69 Å². The molecule has 0 radical (unpaired) electrons. The van der Waals surface area contributed by atoms with Crippen LogP contribution in [0.15, 0.2) is 71.3 Å². The van der Waals surface area contributed by atoms with E-state index in [4.69, 9.17) is 16.0 Å². The van der Waals surface area contributed by atoms with Crippen molar-refractivity contribution in [2.75, 3.05) is 19.0 Å². The van der Waals surface area contributed by atoms with Crippen molar-refractivity contribution in [3.05, 3.63) is 88.8 Å². The van der Waals surface area contributed by atoms with Crippen LogP contribution in [0.25, 0.3) is 0 Å². The summed E-state index contributed by atoms with van der Waals surface area (Å²) >= 11 is 6.03. The maximum absolute atomic E-state index is 12.9. The summed E-state index contributed by atoms with van der Waals surface area (Å²) in [4.78, 5) is 15.0. The number of carbonyl (C=O) groups is 1. The van der Waals surface area contributed by atoms with Crippen molar-refractivity contribution in [3.63, 3.8) is 0 Å². The minimum Gasteiger partial charge on any atom is -0.461 e. The molecule has 1 heterocycles. The molecule has 3 aromatic rings. The predicted molar refractivity (Wildman–Crippen MR) is 104 cm³/mol. The molecule has 4 rings (SSSR count). The van der Waals surface area contributed by atoms with E-state index in [1.807, 2.05) is 38.4 Å². The fourth-order valence-corrected chi connectivity index (χ4v) is 3.86. The normalized spacial score (nSPS) is 21.4. The third-order valence-corrected chi connectivity index (χ3v) is 5.39. The minimum absolute atomic E-state index is 0.0663. The number of nitrogens with zero attached hydrogens (tertiary/aromatic N) is 1. The lowest BCUT2D eigenvalue weighted by atomic mass is 10.0. The minimum atomic E-state index is -0.104. The van der Waals surface area contributed by atoms with E-state index in [1.54, 1.807) is 18.4 Å². The van der Waals surface area contributed by atoms with Crippen LogP contribution in [-0.2, 0) is 0 Å². The predicted octanol–water partition coefficient (Wildman–Crippen LogP) is 5.38. The van der Waals surface area contributed by atoms with Gasteiger partial charge >= 0.3 is 0 Å². The van der Waals surface area contributed by atoms with Crippen LogP contribution < -0.4 is 4.90 Å². The van der Waals surface area contributed by atoms with Crippen LogP contribution in [0, 0.1) is 5.92 Å². The highest BCUT2D eigenvalue weighted by atomic mass is 35.5. The van der Waals surface area contributed by atoms with Gasteiger partial charge in [0, 0.05) is 42.6 Å². The Morgan fingerprint density at radius 1 is 0.923 bits per heavy atom. The van der Waals surface area contributed by atoms with E-state index >= 15 is 0 Å². The molecule has 3 nitrogen and oxygen atoms in total. The lowest BCUT2D eigenvalue weighted by molar-refractivity contribution is 0.0935. The van der Waals surface area contributed by atoms with E-state index < -0.39 is 0 Å². The van der Waals surface area contributed by atoms with Gasteiger partial charge in [0.25, 0.3) is 0 Å². The van der Waals surface area contributed by atoms with Crippen molar-refractivity contribution in [2.24, 2.45) is 5.92 Å². The average molecular weight is 366 g/mol. The molecule has 0 spiro atoms. The summed E-state index contributed by atoms with van der Waals surface area (Å²) in [5, 5.41) is 0.704. The summed E-state index contributed by atoms with van der Waals surface area (Å²) < 4.78 is 5.36. The molecule has 0 aliphatic heterocycles. The Bertz CT molecular complexity index is 898. The first-order chi connectivity index (χ1) is 12.6. The van der Waals surface area contributed by atoms with Gasteiger partial charge < -0.3 is 9.32 Å². The largest absolute Gasteiger partial charge is 0.461 e. The first-order valence-corrected chi connectivity index (χ1v) is 9.04. The zero-order valence-electron chi connectivity index (χ0n) is 14.7. The Balaban J connectivity index is 1.67. The second-order valence-corrected chi connectivity index (χ2v) is 7.39. The van der Waals surface area contributed by atoms with Crippen LogP contribution in [-0.4, -0.2) is 19.9 Å². The Morgan fingerprint density at radius 3 is 2.00 bits per heavy atom. The molecule has 4 heteroatoms. The zero-order valence-corrected chi connectivity index (χ0v) is 15.5. The molecule has 132 valence electrons. The molecule has 0 N–H and O–H groups in total. The summed E-state index contributed by atoms with van der Waals surface area (Å²) in [5.74, 6) is 0.700. The van der Waals surface area contributed by atoms with E-state index in [0.717, 1.165) is 11.3 Å². The van der Waals surface area contributed by atoms with Crippen LogP contribution in [0.3, 0.4) is 0 Å². The summed E-state index contributed by atoms with van der Waals surface area (Å²) in [6.45, 7) is 0. The van der Waals surface area contributed by atoms with Crippen LogP contribution in [0.5, 0.6) is 0 Å². The number of carbonyl (C=O) groups excluding carboxylic acids is 1. The number of anilines is 1. The molecule has 0 unspecified atom stereocenters. The van der Waals surface area contributed by atoms with Gasteiger partial charge in [-0.05, 0) is 47.5 Å². The monoisotopic (exact) mass is 365 g/mol. The Morgan fingerprint density at radius 2 is 1.50 bits per heavy atom. The van der Waals surface area contributed by atoms with Gasteiger partial charge in [0.1, 0.15) is 0 Å². The second kappa shape index (κ2) is 6.65. The van der Waals surface area contributed by atoms with Crippen LogP contribution in [0.1, 0.15) is 33.5 Å². The number of hydrogen-bond acceptors (Lipinski definition) is 3. The molecule has 3 atom stereocenters. The third-order valence-electron chi connectivity index (χ3n) is 5.14. The molecule has 1 aromatic heterocycles. The van der Waals surface area contributed by atoms with Gasteiger partial charge in [-0.1, -0.05) is 35.9 Å². The van der Waals surface area contributed by atoms with Crippen molar-refractivity contribution in [1.29, 1.82) is 0 Å². The quantitative estimate of drug-likeness (QED) is 0.569. The number of furan rings is 1. The molecular weight excluding hydrogens is 346 g/mol. The smallest absolute Gasteiger partial charge is 0.202 e. The van der Waals surface area contributed by atoms with E-state index in [0.29, 0.717) is 10.8 Å². The molecule has 1 saturated carbocycles. The molecular formula is C22H20ClNO2. The molecule has 1 aliphatic carbocycles. The zero-order chi connectivity index (χ0) is 18.3. The van der Waals surface area contributed by atoms with E-state index in [-0.39, 0.29) is 23.5 Å². The first kappa shape index (κ1) is 16.9. The molecule has 26 heavy (non-hydrogen) atoms. The number of hydrogen-bond donors (Lipinski definition) is 0. The fourth-order valence-electron chi connectivity index (χ4n) is 3.73. The maximum atomic E-state index is 12.9. The highest BCUT2D eigenvalue weighted by Gasteiger charge is 2.56. The number of benzene rings is 2. The third kappa shape index (κ3) is 3.04. The van der Waals surface area contributed by atoms with Gasteiger partial charge in [0.15, 0.2) is 5.76 Å². The standard InChI is InChI=1S/C22H20ClNO2/c1-24(2)17-11-7-15(8-12-17)20-19(14-5-9-16(23)10-6-14)21(20)22(25)18-4-3-13-26-18/h3-13,19-21H,1-2H3/t19-,20+,21+/m1/s1. The van der Waals surface area contributed by atoms with E-state index in [1.165, 1.54) is 5.56 Å². The van der Waals surface area contributed by atoms with Crippen molar-refractivity contribution >= 4 is 23.1 Å². The van der Waals surface area contributed by atoms with Crippen molar-refractivity contribution in [3.8, 4) is 0 Å². The lowest BCUT2D eigenvalue weighted by Gasteiger charge is -2.12. The van der Waals surface area contributed by atoms with Crippen LogP contribution >= 0.6 is 11.6 Å². The summed E-state index contributed by atoms with van der Waals surface area (Å²) in [6.07, 6.45) is 1.55. The van der Waals surface area contributed by atoms with E-state index in [9.17, 15) is 4.79 Å². The number of ketones is 1. The van der Waals surface area contributed by atoms with Crippen LogP contribution in [0.2, 0.25) is 5.02 Å². The van der Waals surface area contributed by atoms with Gasteiger partial charge in [-0.2, -0.15) is 0 Å². The van der Waals surface area contributed by atoms with Gasteiger partial charge in [-0.25, -0.2) is 0 Å². The molecule has 1 fully saturated rings. The molecule has 0 bridgehead atoms. The summed E-state index contributed by atoms with van der Waals surface area (Å²) in [5.41, 5.74) is 3.47. The van der Waals surface area contributed by atoms with E-state index in [2.05, 4.69) is 29.2 Å². The first-order valence-electron chi connectivity index (χ1n) is 8.67. The highest BCUT2D eigenvalue weighted by Crippen LogP contribution is 2.61. The second-order valence-electron chi connectivity index (χ2n) is 6.96. The lowest BCUT2D eigenvalue weighted by Crippen LogP contribution is -2.08. The van der Waals surface area contributed by atoms with Gasteiger partial charge in [0.05, 0.1) is 6.26 Å². The van der Waals surface area contributed by atoms with Crippen molar-refractivity contribution in [2.45, 2.75) is 11.8 Å². The SMILES string of the molecule is CN(C)c1ccc([C@@H]2[C@@H](C(=O)c3ccco3)[C@@H]2c2ccc(Cl)cc2)cc1. The van der Waals surface area contributed by atoms with Crippen molar-refractivity contribution in [1.82, 2.24) is 0 Å². The average Bonchev–Trinajstić information content (AvgIpc) is 3.13. The molecule has 1 aliphatic rings. The fraction of sp³-hybridized carbons (Fsp3) is 0.227. The summed E-state index contributed by atoms with van der Waals surface area (Å²) in [7, 11) is 4.04. The topological polar surface area (TPSA) is 33.5 Å². The molecule has 2 aromatic carbocycles. The Hall–Kier alpha value is -2.52. The van der Waals surface area contributed by atoms with Gasteiger partial charge in [-0.15, -0.1) is 0 Å². The molecule has 0 amide bonds. The van der Waals surface area contributed by atoms with Gasteiger partial charge in [-0.3, -0.25) is 4.79 Å². The number of halogens is 1. The Kier molecular flexibility index (Phi) is 4.33. The van der Waals surface area contributed by atoms with Gasteiger partial charge in [0.2, 0.25) is 5.78 Å². The Labute approximate surface area is 158 Å². The number of rotatable bonds is 5. The highest BCUT2D eigenvalue weighted by molar-refractivity contribution is 6.30. The number of Topliss-reactive ketones (excluding diaryl/α,β-unsaturated/α-hetero) is 1.